The summed E-state index contributed by atoms with van der Waals surface area (Å²) in [5, 5.41) is 0.677. The topological polar surface area (TPSA) is 59.5 Å². The number of hydrogen-bond acceptors (Lipinski definition) is 5. The first-order valence-electron chi connectivity index (χ1n) is 10.9. The van der Waals surface area contributed by atoms with Gasteiger partial charge in [0.2, 0.25) is 0 Å². The van der Waals surface area contributed by atoms with Gasteiger partial charge in [0, 0.05) is 23.7 Å². The van der Waals surface area contributed by atoms with Crippen LogP contribution in [0.15, 0.2) is 30.5 Å². The number of pyridine rings is 1. The summed E-state index contributed by atoms with van der Waals surface area (Å²) in [7, 11) is 0. The average Bonchev–Trinajstić information content (AvgIpc) is 2.76. The lowest BCUT2D eigenvalue weighted by Crippen LogP contribution is -2.47. The van der Waals surface area contributed by atoms with Gasteiger partial charge in [0.25, 0.3) is 0 Å². The Hall–Kier alpha value is -2.24. The van der Waals surface area contributed by atoms with Crippen molar-refractivity contribution in [1.29, 1.82) is 0 Å². The largest absolute Gasteiger partial charge is 0.491 e. The molecule has 0 spiro atoms. The minimum Gasteiger partial charge on any atom is -0.491 e. The second-order valence-electron chi connectivity index (χ2n) is 8.41. The highest BCUT2D eigenvalue weighted by atomic mass is 35.5. The molecule has 0 saturated carbocycles. The van der Waals surface area contributed by atoms with Gasteiger partial charge >= 0.3 is 0 Å². The minimum atomic E-state index is -0.458. The van der Waals surface area contributed by atoms with Gasteiger partial charge in [-0.05, 0) is 88.0 Å². The number of ether oxygens (including phenoxy) is 1. The van der Waals surface area contributed by atoms with Crippen LogP contribution in [0.5, 0.6) is 5.75 Å². The van der Waals surface area contributed by atoms with Gasteiger partial charge < -0.3 is 9.53 Å². The van der Waals surface area contributed by atoms with Crippen LogP contribution in [0.2, 0.25) is 5.02 Å². The van der Waals surface area contributed by atoms with Crippen LogP contribution in [-0.4, -0.2) is 48.2 Å². The number of rotatable bonds is 9. The number of likely N-dealkylation sites (tertiary alicyclic amines) is 1. The molecule has 2 heterocycles. The Morgan fingerprint density at radius 3 is 2.68 bits per heavy atom. The summed E-state index contributed by atoms with van der Waals surface area (Å²) in [5.41, 5.74) is 3.71. The van der Waals surface area contributed by atoms with Crippen molar-refractivity contribution in [3.8, 4) is 5.75 Å². The summed E-state index contributed by atoms with van der Waals surface area (Å²) in [6.45, 7) is 8.72. The van der Waals surface area contributed by atoms with Gasteiger partial charge in [0.1, 0.15) is 24.4 Å². The Kier molecular flexibility index (Phi) is 7.84. The number of ketones is 1. The number of benzene rings is 1. The van der Waals surface area contributed by atoms with E-state index in [0.717, 1.165) is 66.9 Å². The lowest BCUT2D eigenvalue weighted by molar-refractivity contribution is -0.124. The fourth-order valence-electron chi connectivity index (χ4n) is 4.48. The van der Waals surface area contributed by atoms with Crippen LogP contribution in [0, 0.1) is 13.8 Å². The van der Waals surface area contributed by atoms with Crippen LogP contribution in [0.1, 0.15) is 48.6 Å². The Morgan fingerprint density at radius 1 is 1.26 bits per heavy atom. The van der Waals surface area contributed by atoms with E-state index in [9.17, 15) is 9.59 Å². The standard InChI is InChI=1S/C25H31ClN2O3/c1-18-6-7-22(26)16-24(18)25(20(3)30)8-10-28(11-9-25)12-14-31-23-15-21(5-4-13-29)19(2)27-17-23/h6-7,13,15-17H,4-5,8-12,14H2,1-3H3. The number of aldehydes is 1. The van der Waals surface area contributed by atoms with Gasteiger partial charge in [-0.25, -0.2) is 0 Å². The van der Waals surface area contributed by atoms with Crippen molar-refractivity contribution in [2.75, 3.05) is 26.2 Å². The molecule has 5 nitrogen and oxygen atoms in total. The molecule has 1 fully saturated rings. The molecule has 2 aromatic rings. The number of halogens is 1. The molecule has 6 heteroatoms. The van der Waals surface area contributed by atoms with E-state index in [1.54, 1.807) is 13.1 Å². The molecule has 0 atom stereocenters. The number of aromatic nitrogens is 1. The van der Waals surface area contributed by atoms with Gasteiger partial charge in [-0.3, -0.25) is 14.7 Å². The maximum atomic E-state index is 12.7. The first kappa shape index (κ1) is 23.4. The van der Waals surface area contributed by atoms with E-state index in [4.69, 9.17) is 16.3 Å². The summed E-state index contributed by atoms with van der Waals surface area (Å²) in [4.78, 5) is 30.1. The van der Waals surface area contributed by atoms with Crippen LogP contribution in [0.4, 0.5) is 0 Å². The molecule has 1 saturated heterocycles. The number of nitrogens with zero attached hydrogens (tertiary/aromatic N) is 2. The maximum Gasteiger partial charge on any atom is 0.140 e. The molecule has 0 radical (unpaired) electrons. The number of hydrogen-bond donors (Lipinski definition) is 0. The van der Waals surface area contributed by atoms with Gasteiger partial charge in [-0.15, -0.1) is 0 Å². The van der Waals surface area contributed by atoms with Crippen LogP contribution < -0.4 is 4.74 Å². The van der Waals surface area contributed by atoms with Crippen molar-refractivity contribution in [2.45, 2.75) is 51.9 Å². The van der Waals surface area contributed by atoms with Crippen molar-refractivity contribution in [3.63, 3.8) is 0 Å². The fraction of sp³-hybridized carbons (Fsp3) is 0.480. The Balaban J connectivity index is 1.58. The molecule has 0 aliphatic carbocycles. The fourth-order valence-corrected chi connectivity index (χ4v) is 4.65. The lowest BCUT2D eigenvalue weighted by Gasteiger charge is -2.41. The second-order valence-corrected chi connectivity index (χ2v) is 8.84. The van der Waals surface area contributed by atoms with Crippen LogP contribution in [0.3, 0.4) is 0 Å². The van der Waals surface area contributed by atoms with E-state index >= 15 is 0 Å². The highest BCUT2D eigenvalue weighted by Gasteiger charge is 2.41. The summed E-state index contributed by atoms with van der Waals surface area (Å²) in [6, 6.07) is 7.82. The average molecular weight is 443 g/mol. The molecular formula is C25H31ClN2O3. The molecular weight excluding hydrogens is 412 g/mol. The molecule has 31 heavy (non-hydrogen) atoms. The third kappa shape index (κ3) is 5.52. The molecule has 166 valence electrons. The summed E-state index contributed by atoms with van der Waals surface area (Å²) in [6.07, 6.45) is 5.40. The van der Waals surface area contributed by atoms with Crippen molar-refractivity contribution in [3.05, 3.63) is 57.9 Å². The summed E-state index contributed by atoms with van der Waals surface area (Å²) in [5.74, 6) is 0.943. The molecule has 0 N–H and O–H groups in total. The monoisotopic (exact) mass is 442 g/mol. The molecule has 0 bridgehead atoms. The maximum absolute atomic E-state index is 12.7. The van der Waals surface area contributed by atoms with Crippen LogP contribution in [-0.2, 0) is 21.4 Å². The Labute approximate surface area is 189 Å². The third-order valence-electron chi connectivity index (χ3n) is 6.47. The normalized spacial score (nSPS) is 16.1. The van der Waals surface area contributed by atoms with Gasteiger partial charge in [0.05, 0.1) is 11.6 Å². The molecule has 0 amide bonds. The number of Topliss-reactive ketones (excluding diaryl/α,β-unsaturated/α-hetero) is 1. The van der Waals surface area contributed by atoms with E-state index in [1.807, 2.05) is 31.2 Å². The Bertz CT molecular complexity index is 936. The lowest BCUT2D eigenvalue weighted by atomic mass is 9.69. The molecule has 1 aliphatic rings. The van der Waals surface area contributed by atoms with Crippen molar-refractivity contribution in [2.24, 2.45) is 0 Å². The first-order valence-corrected chi connectivity index (χ1v) is 11.3. The van der Waals surface area contributed by atoms with E-state index in [0.29, 0.717) is 24.5 Å². The van der Waals surface area contributed by atoms with E-state index in [2.05, 4.69) is 16.8 Å². The number of carbonyl (C=O) groups excluding carboxylic acids is 2. The van der Waals surface area contributed by atoms with Crippen LogP contribution >= 0.6 is 11.6 Å². The van der Waals surface area contributed by atoms with E-state index in [1.165, 1.54) is 0 Å². The molecule has 3 rings (SSSR count). The molecule has 0 unspecified atom stereocenters. The minimum absolute atomic E-state index is 0.211. The molecule has 1 aromatic heterocycles. The number of carbonyl (C=O) groups is 2. The van der Waals surface area contributed by atoms with Crippen LogP contribution in [0.25, 0.3) is 0 Å². The Morgan fingerprint density at radius 2 is 2.00 bits per heavy atom. The highest BCUT2D eigenvalue weighted by Crippen LogP contribution is 2.39. The summed E-state index contributed by atoms with van der Waals surface area (Å²) >= 11 is 6.25. The number of aryl methyl sites for hydroxylation is 3. The quantitative estimate of drug-likeness (QED) is 0.535. The third-order valence-corrected chi connectivity index (χ3v) is 6.71. The van der Waals surface area contributed by atoms with Gasteiger partial charge in [-0.2, -0.15) is 0 Å². The zero-order valence-electron chi connectivity index (χ0n) is 18.6. The zero-order chi connectivity index (χ0) is 22.4. The van der Waals surface area contributed by atoms with Gasteiger partial charge in [-0.1, -0.05) is 17.7 Å². The highest BCUT2D eigenvalue weighted by molar-refractivity contribution is 6.30. The van der Waals surface area contributed by atoms with E-state index in [-0.39, 0.29) is 5.78 Å². The molecule has 1 aliphatic heterocycles. The summed E-state index contributed by atoms with van der Waals surface area (Å²) < 4.78 is 5.93. The zero-order valence-corrected chi connectivity index (χ0v) is 19.4. The first-order chi connectivity index (χ1) is 14.9. The van der Waals surface area contributed by atoms with Crippen molar-refractivity contribution < 1.29 is 14.3 Å². The second kappa shape index (κ2) is 10.4. The predicted molar refractivity (Wildman–Crippen MR) is 123 cm³/mol. The molecule has 1 aromatic carbocycles. The smallest absolute Gasteiger partial charge is 0.140 e. The van der Waals surface area contributed by atoms with Gasteiger partial charge in [0.15, 0.2) is 0 Å². The predicted octanol–water partition coefficient (Wildman–Crippen LogP) is 4.48. The van der Waals surface area contributed by atoms with Crippen molar-refractivity contribution >= 4 is 23.7 Å². The SMILES string of the molecule is CC(=O)C1(c2cc(Cl)ccc2C)CCN(CCOc2cnc(C)c(CCC=O)c2)CC1. The number of piperidine rings is 1. The van der Waals surface area contributed by atoms with Crippen molar-refractivity contribution in [1.82, 2.24) is 9.88 Å². The van der Waals surface area contributed by atoms with E-state index < -0.39 is 5.41 Å².